The van der Waals surface area contributed by atoms with E-state index in [0.29, 0.717) is 23.1 Å². The summed E-state index contributed by atoms with van der Waals surface area (Å²) in [5.41, 5.74) is 2.38. The second-order valence-corrected chi connectivity index (χ2v) is 9.65. The Kier molecular flexibility index (Phi) is 7.66. The average molecular weight is 450 g/mol. The molecule has 1 saturated carbocycles. The number of thioether (sulfide) groups is 1. The number of hydrogen-bond acceptors (Lipinski definition) is 4. The van der Waals surface area contributed by atoms with Crippen molar-refractivity contribution in [2.75, 3.05) is 25.5 Å². The molecule has 6 heteroatoms. The average Bonchev–Trinajstić information content (AvgIpc) is 2.83. The van der Waals surface area contributed by atoms with Crippen LogP contribution in [0.4, 0.5) is 5.69 Å². The van der Waals surface area contributed by atoms with Gasteiger partial charge in [-0.3, -0.25) is 9.59 Å². The van der Waals surface area contributed by atoms with E-state index in [9.17, 15) is 9.59 Å². The summed E-state index contributed by atoms with van der Waals surface area (Å²) < 4.78 is 0. The van der Waals surface area contributed by atoms with Gasteiger partial charge in [0.1, 0.15) is 0 Å². The van der Waals surface area contributed by atoms with Crippen LogP contribution < -0.4 is 10.6 Å². The Morgan fingerprint density at radius 1 is 1.12 bits per heavy atom. The largest absolute Gasteiger partial charge is 0.352 e. The van der Waals surface area contributed by atoms with Crippen molar-refractivity contribution >= 4 is 35.3 Å². The summed E-state index contributed by atoms with van der Waals surface area (Å²) >= 11 is 1.46. The fourth-order valence-corrected chi connectivity index (χ4v) is 5.27. The smallest absolute Gasteiger partial charge is 0.262 e. The van der Waals surface area contributed by atoms with Crippen LogP contribution in [0.25, 0.3) is 6.08 Å². The molecule has 5 nitrogen and oxygen atoms in total. The van der Waals surface area contributed by atoms with Gasteiger partial charge in [0.2, 0.25) is 0 Å². The standard InChI is InChI=1S/C26H31N3O2S/c1-29(21-8-3-2-4-9-21)17-7-16-27-25(30)20-14-12-19(13-15-20)18-24-26(31)28-22-10-5-6-11-23(22)32-24/h5-6,10-15,18,21H,2-4,7-9,16-17H2,1H3,(H,27,30)(H,28,31). The maximum Gasteiger partial charge on any atom is 0.262 e. The number of hydrogen-bond donors (Lipinski definition) is 2. The third-order valence-corrected chi connectivity index (χ3v) is 7.32. The van der Waals surface area contributed by atoms with Crippen molar-refractivity contribution in [1.82, 2.24) is 10.2 Å². The molecule has 0 bridgehead atoms. The zero-order valence-corrected chi connectivity index (χ0v) is 19.4. The highest BCUT2D eigenvalue weighted by Gasteiger charge is 2.20. The molecular formula is C26H31N3O2S. The Hall–Kier alpha value is -2.57. The van der Waals surface area contributed by atoms with Gasteiger partial charge in [0.15, 0.2) is 0 Å². The summed E-state index contributed by atoms with van der Waals surface area (Å²) in [5, 5.41) is 5.95. The molecule has 1 fully saturated rings. The molecule has 1 aliphatic carbocycles. The lowest BCUT2D eigenvalue weighted by Crippen LogP contribution is -2.35. The Balaban J connectivity index is 1.26. The summed E-state index contributed by atoms with van der Waals surface area (Å²) in [6.07, 6.45) is 9.48. The van der Waals surface area contributed by atoms with Crippen LogP contribution in [-0.2, 0) is 4.79 Å². The van der Waals surface area contributed by atoms with Gasteiger partial charge in [-0.15, -0.1) is 0 Å². The molecule has 0 atom stereocenters. The van der Waals surface area contributed by atoms with Gasteiger partial charge in [-0.05, 0) is 68.8 Å². The van der Waals surface area contributed by atoms with E-state index >= 15 is 0 Å². The lowest BCUT2D eigenvalue weighted by molar-refractivity contribution is -0.112. The minimum Gasteiger partial charge on any atom is -0.352 e. The lowest BCUT2D eigenvalue weighted by Gasteiger charge is -2.31. The first-order valence-corrected chi connectivity index (χ1v) is 12.3. The van der Waals surface area contributed by atoms with Crippen LogP contribution in [0.1, 0.15) is 54.4 Å². The quantitative estimate of drug-likeness (QED) is 0.453. The number of carbonyl (C=O) groups is 2. The molecular weight excluding hydrogens is 418 g/mol. The molecule has 32 heavy (non-hydrogen) atoms. The molecule has 1 heterocycles. The number of fused-ring (bicyclic) bond motifs is 1. The van der Waals surface area contributed by atoms with Crippen LogP contribution >= 0.6 is 11.8 Å². The normalized spacial score (nSPS) is 17.8. The van der Waals surface area contributed by atoms with Crippen molar-refractivity contribution in [2.24, 2.45) is 0 Å². The van der Waals surface area contributed by atoms with Gasteiger partial charge in [-0.1, -0.05) is 55.3 Å². The van der Waals surface area contributed by atoms with E-state index in [-0.39, 0.29) is 11.8 Å². The number of amides is 2. The maximum absolute atomic E-state index is 12.5. The number of benzene rings is 2. The molecule has 4 rings (SSSR count). The van der Waals surface area contributed by atoms with Crippen LogP contribution in [-0.4, -0.2) is 42.9 Å². The van der Waals surface area contributed by atoms with Crippen LogP contribution in [0.15, 0.2) is 58.3 Å². The van der Waals surface area contributed by atoms with E-state index < -0.39 is 0 Å². The SMILES string of the molecule is CN(CCCNC(=O)c1ccc(C=C2Sc3ccccc3NC2=O)cc1)C1CCCCC1. The molecule has 2 aromatic rings. The lowest BCUT2D eigenvalue weighted by atomic mass is 9.94. The summed E-state index contributed by atoms with van der Waals surface area (Å²) in [4.78, 5) is 29.0. The van der Waals surface area contributed by atoms with Gasteiger partial charge < -0.3 is 15.5 Å². The van der Waals surface area contributed by atoms with Crippen molar-refractivity contribution in [2.45, 2.75) is 49.5 Å². The van der Waals surface area contributed by atoms with E-state index in [1.807, 2.05) is 54.6 Å². The Morgan fingerprint density at radius 2 is 1.88 bits per heavy atom. The number of nitrogens with one attached hydrogen (secondary N) is 2. The summed E-state index contributed by atoms with van der Waals surface area (Å²) in [6, 6.07) is 15.9. The zero-order valence-electron chi connectivity index (χ0n) is 18.6. The first-order chi connectivity index (χ1) is 15.6. The molecule has 0 saturated heterocycles. The van der Waals surface area contributed by atoms with Gasteiger partial charge in [-0.25, -0.2) is 0 Å². The minimum atomic E-state index is -0.103. The third kappa shape index (κ3) is 5.81. The van der Waals surface area contributed by atoms with E-state index in [1.165, 1.54) is 43.9 Å². The molecule has 0 unspecified atom stereocenters. The van der Waals surface area contributed by atoms with E-state index in [0.717, 1.165) is 29.1 Å². The predicted molar refractivity (Wildman–Crippen MR) is 132 cm³/mol. The topological polar surface area (TPSA) is 61.4 Å². The predicted octanol–water partition coefficient (Wildman–Crippen LogP) is 5.16. The summed E-state index contributed by atoms with van der Waals surface area (Å²) in [5.74, 6) is -0.156. The Bertz CT molecular complexity index is 981. The van der Waals surface area contributed by atoms with Gasteiger partial charge in [0, 0.05) is 23.0 Å². The van der Waals surface area contributed by atoms with Crippen LogP contribution in [0.5, 0.6) is 0 Å². The van der Waals surface area contributed by atoms with Crippen molar-refractivity contribution < 1.29 is 9.59 Å². The van der Waals surface area contributed by atoms with Crippen molar-refractivity contribution in [3.63, 3.8) is 0 Å². The highest BCUT2D eigenvalue weighted by atomic mass is 32.2. The second-order valence-electron chi connectivity index (χ2n) is 8.56. The van der Waals surface area contributed by atoms with E-state index in [1.54, 1.807) is 0 Å². The fraction of sp³-hybridized carbons (Fsp3) is 0.385. The maximum atomic E-state index is 12.5. The van der Waals surface area contributed by atoms with Gasteiger partial charge in [-0.2, -0.15) is 0 Å². The first-order valence-electron chi connectivity index (χ1n) is 11.5. The van der Waals surface area contributed by atoms with Crippen molar-refractivity contribution in [1.29, 1.82) is 0 Å². The number of anilines is 1. The van der Waals surface area contributed by atoms with Gasteiger partial charge in [0.25, 0.3) is 11.8 Å². The zero-order chi connectivity index (χ0) is 22.3. The van der Waals surface area contributed by atoms with Crippen LogP contribution in [0.3, 0.4) is 0 Å². The van der Waals surface area contributed by atoms with Gasteiger partial charge >= 0.3 is 0 Å². The van der Waals surface area contributed by atoms with E-state index in [4.69, 9.17) is 0 Å². The second kappa shape index (κ2) is 10.8. The molecule has 2 aliphatic rings. The van der Waals surface area contributed by atoms with Crippen LogP contribution in [0, 0.1) is 0 Å². The third-order valence-electron chi connectivity index (χ3n) is 6.22. The van der Waals surface area contributed by atoms with E-state index in [2.05, 4.69) is 22.6 Å². The number of para-hydroxylation sites is 1. The Labute approximate surface area is 194 Å². The van der Waals surface area contributed by atoms with Gasteiger partial charge in [0.05, 0.1) is 10.6 Å². The number of rotatable bonds is 7. The molecule has 1 aliphatic heterocycles. The summed E-state index contributed by atoms with van der Waals surface area (Å²) in [7, 11) is 2.20. The highest BCUT2D eigenvalue weighted by Crippen LogP contribution is 2.38. The molecule has 0 radical (unpaired) electrons. The monoisotopic (exact) mass is 449 g/mol. The van der Waals surface area contributed by atoms with Crippen molar-refractivity contribution in [3.8, 4) is 0 Å². The molecule has 0 aromatic heterocycles. The molecule has 0 spiro atoms. The first kappa shape index (κ1) is 22.6. The summed E-state index contributed by atoms with van der Waals surface area (Å²) in [6.45, 7) is 1.69. The molecule has 2 aromatic carbocycles. The van der Waals surface area contributed by atoms with Crippen LogP contribution in [0.2, 0.25) is 0 Å². The molecule has 168 valence electrons. The molecule has 2 N–H and O–H groups in total. The van der Waals surface area contributed by atoms with Crippen molar-refractivity contribution in [3.05, 3.63) is 64.6 Å². The Morgan fingerprint density at radius 3 is 2.66 bits per heavy atom. The highest BCUT2D eigenvalue weighted by molar-refractivity contribution is 8.04. The number of carbonyl (C=O) groups excluding carboxylic acids is 2. The molecule has 2 amide bonds. The minimum absolute atomic E-state index is 0.0526. The fourth-order valence-electron chi connectivity index (χ4n) is 4.32. The number of nitrogens with zero attached hydrogens (tertiary/aromatic N) is 1.